The molecule has 0 aliphatic heterocycles. The molecule has 0 bridgehead atoms. The molecule has 2 aromatic rings. The van der Waals surface area contributed by atoms with Gasteiger partial charge in [0.05, 0.1) is 6.10 Å². The number of fused-ring (bicyclic) bond motifs is 1. The van der Waals surface area contributed by atoms with Crippen LogP contribution in [0.1, 0.15) is 53.2 Å². The maximum absolute atomic E-state index is 14.4. The highest BCUT2D eigenvalue weighted by Gasteiger charge is 2.31. The van der Waals surface area contributed by atoms with Crippen molar-refractivity contribution in [3.63, 3.8) is 0 Å². The summed E-state index contributed by atoms with van der Waals surface area (Å²) >= 11 is 0. The van der Waals surface area contributed by atoms with Gasteiger partial charge in [-0.1, -0.05) is 42.5 Å². The molecule has 0 heterocycles. The summed E-state index contributed by atoms with van der Waals surface area (Å²) in [7, 11) is 0. The number of hydrogen-bond acceptors (Lipinski definition) is 2. The lowest BCUT2D eigenvalue weighted by Gasteiger charge is -2.24. The highest BCUT2D eigenvalue weighted by Crippen LogP contribution is 2.42. The zero-order valence-electron chi connectivity index (χ0n) is 12.1. The number of rotatable bonds is 1. The largest absolute Gasteiger partial charge is 0.388 e. The summed E-state index contributed by atoms with van der Waals surface area (Å²) in [5.41, 5.74) is 9.52. The second-order valence-electron chi connectivity index (χ2n) is 5.83. The number of benzene rings is 2. The number of aliphatic hydroxyl groups is 1. The zero-order valence-corrected chi connectivity index (χ0v) is 12.1. The molecule has 0 spiro atoms. The smallest absolute Gasteiger partial charge is 0.129 e. The van der Waals surface area contributed by atoms with Crippen molar-refractivity contribution in [1.29, 1.82) is 0 Å². The second kappa shape index (κ2) is 5.58. The number of hydrogen-bond donors (Lipinski definition) is 2. The third-order valence-corrected chi connectivity index (χ3v) is 4.52. The summed E-state index contributed by atoms with van der Waals surface area (Å²) in [5.74, 6) is -0.282. The molecule has 110 valence electrons. The lowest BCUT2D eigenvalue weighted by atomic mass is 9.85. The summed E-state index contributed by atoms with van der Waals surface area (Å²) in [5, 5.41) is 10.3. The minimum Gasteiger partial charge on any atom is -0.388 e. The van der Waals surface area contributed by atoms with Crippen LogP contribution in [0.5, 0.6) is 0 Å². The van der Waals surface area contributed by atoms with Gasteiger partial charge in [-0.15, -0.1) is 0 Å². The Morgan fingerprint density at radius 3 is 2.43 bits per heavy atom. The number of aliphatic hydroxyl groups excluding tert-OH is 1. The highest BCUT2D eigenvalue weighted by atomic mass is 19.1. The maximum atomic E-state index is 14.4. The molecule has 1 aliphatic carbocycles. The van der Waals surface area contributed by atoms with Crippen LogP contribution < -0.4 is 5.73 Å². The third-order valence-electron chi connectivity index (χ3n) is 4.52. The minimum absolute atomic E-state index is 0.108. The van der Waals surface area contributed by atoms with E-state index in [1.165, 1.54) is 0 Å². The van der Waals surface area contributed by atoms with Crippen molar-refractivity contribution in [3.05, 3.63) is 70.5 Å². The van der Waals surface area contributed by atoms with E-state index in [1.807, 2.05) is 36.4 Å². The van der Waals surface area contributed by atoms with Gasteiger partial charge >= 0.3 is 0 Å². The molecule has 2 aromatic carbocycles. The first-order valence-corrected chi connectivity index (χ1v) is 7.37. The van der Waals surface area contributed by atoms with Crippen molar-refractivity contribution in [3.8, 4) is 0 Å². The molecular formula is C18H20FNO. The highest BCUT2D eigenvalue weighted by molar-refractivity contribution is 5.38. The minimum atomic E-state index is -0.523. The maximum Gasteiger partial charge on any atom is 0.129 e. The molecule has 3 heteroatoms. The average molecular weight is 285 g/mol. The molecule has 3 N–H and O–H groups in total. The van der Waals surface area contributed by atoms with Crippen LogP contribution in [0.4, 0.5) is 4.39 Å². The third kappa shape index (κ3) is 2.47. The van der Waals surface area contributed by atoms with Crippen molar-refractivity contribution in [2.24, 2.45) is 5.73 Å². The first-order valence-electron chi connectivity index (χ1n) is 7.37. The average Bonchev–Trinajstić information content (AvgIpc) is 2.62. The normalized spacial score (nSPS) is 25.2. The van der Waals surface area contributed by atoms with Crippen LogP contribution in [-0.2, 0) is 0 Å². The molecular weight excluding hydrogens is 265 g/mol. The lowest BCUT2D eigenvalue weighted by Crippen LogP contribution is -2.20. The van der Waals surface area contributed by atoms with Gasteiger partial charge in [0.1, 0.15) is 5.82 Å². The molecule has 3 rings (SSSR count). The Morgan fingerprint density at radius 1 is 1.00 bits per heavy atom. The Labute approximate surface area is 124 Å². The Balaban J connectivity index is 2.07. The van der Waals surface area contributed by atoms with E-state index < -0.39 is 6.10 Å². The van der Waals surface area contributed by atoms with Crippen molar-refractivity contribution in [2.75, 3.05) is 0 Å². The number of halogens is 1. The van der Waals surface area contributed by atoms with Crippen LogP contribution in [-0.4, -0.2) is 5.11 Å². The summed E-state index contributed by atoms with van der Waals surface area (Å²) < 4.78 is 14.4. The Bertz CT molecular complexity index is 655. The van der Waals surface area contributed by atoms with E-state index in [1.54, 1.807) is 13.0 Å². The Morgan fingerprint density at radius 2 is 1.67 bits per heavy atom. The van der Waals surface area contributed by atoms with Crippen molar-refractivity contribution >= 4 is 0 Å². The molecule has 0 aromatic heterocycles. The molecule has 0 saturated heterocycles. The molecule has 3 atom stereocenters. The van der Waals surface area contributed by atoms with Gasteiger partial charge in [-0.3, -0.25) is 0 Å². The van der Waals surface area contributed by atoms with Crippen molar-refractivity contribution < 1.29 is 9.50 Å². The number of nitrogens with two attached hydrogens (primary N) is 1. The van der Waals surface area contributed by atoms with E-state index in [2.05, 4.69) is 0 Å². The van der Waals surface area contributed by atoms with Crippen molar-refractivity contribution in [1.82, 2.24) is 0 Å². The van der Waals surface area contributed by atoms with E-state index >= 15 is 0 Å². The lowest BCUT2D eigenvalue weighted by molar-refractivity contribution is 0.164. The van der Waals surface area contributed by atoms with Crippen LogP contribution in [0, 0.1) is 12.7 Å². The second-order valence-corrected chi connectivity index (χ2v) is 5.83. The SMILES string of the molecule is Cc1cccc([C@@H]2CC[C@@H](O)c3ccccc3[C@H]2N)c1F. The fourth-order valence-electron chi connectivity index (χ4n) is 3.31. The molecule has 2 nitrogen and oxygen atoms in total. The standard InChI is InChI=1S/C18H20FNO/c1-11-5-4-8-13(17(11)19)15-9-10-16(21)12-6-2-3-7-14(12)18(15)20/h2-8,15-16,18,21H,9-10,20H2,1H3/t15-,16+,18+/m0/s1. The topological polar surface area (TPSA) is 46.2 Å². The van der Waals surface area contributed by atoms with E-state index in [9.17, 15) is 9.50 Å². The monoisotopic (exact) mass is 285 g/mol. The first-order chi connectivity index (χ1) is 10.1. The molecule has 1 aliphatic rings. The number of aryl methyl sites for hydroxylation is 1. The summed E-state index contributed by atoms with van der Waals surface area (Å²) in [6.07, 6.45) is 0.755. The van der Waals surface area contributed by atoms with E-state index in [0.717, 1.165) is 11.1 Å². The van der Waals surface area contributed by atoms with Gasteiger partial charge in [-0.2, -0.15) is 0 Å². The summed E-state index contributed by atoms with van der Waals surface area (Å²) in [6, 6.07) is 12.8. The zero-order chi connectivity index (χ0) is 15.0. The fraction of sp³-hybridized carbons (Fsp3) is 0.333. The molecule has 0 fully saturated rings. The van der Waals surface area contributed by atoms with Crippen LogP contribution in [0.15, 0.2) is 42.5 Å². The van der Waals surface area contributed by atoms with Gasteiger partial charge < -0.3 is 10.8 Å². The molecule has 0 saturated carbocycles. The Kier molecular flexibility index (Phi) is 3.79. The predicted molar refractivity (Wildman–Crippen MR) is 81.4 cm³/mol. The van der Waals surface area contributed by atoms with Crippen molar-refractivity contribution in [2.45, 2.75) is 37.8 Å². The summed E-state index contributed by atoms with van der Waals surface area (Å²) in [6.45, 7) is 1.77. The van der Waals surface area contributed by atoms with Crippen LogP contribution >= 0.6 is 0 Å². The van der Waals surface area contributed by atoms with E-state index in [0.29, 0.717) is 24.0 Å². The van der Waals surface area contributed by atoms with Gasteiger partial charge in [-0.05, 0) is 42.0 Å². The van der Waals surface area contributed by atoms with Gasteiger partial charge in [0.15, 0.2) is 0 Å². The molecule has 0 radical (unpaired) electrons. The Hall–Kier alpha value is -1.71. The molecule has 21 heavy (non-hydrogen) atoms. The van der Waals surface area contributed by atoms with Crippen LogP contribution in [0.25, 0.3) is 0 Å². The van der Waals surface area contributed by atoms with Gasteiger partial charge in [-0.25, -0.2) is 4.39 Å². The van der Waals surface area contributed by atoms with E-state index in [-0.39, 0.29) is 17.8 Å². The predicted octanol–water partition coefficient (Wildman–Crippen LogP) is 3.74. The molecule has 0 unspecified atom stereocenters. The van der Waals surface area contributed by atoms with Gasteiger partial charge in [0.2, 0.25) is 0 Å². The fourth-order valence-corrected chi connectivity index (χ4v) is 3.31. The first kappa shape index (κ1) is 14.2. The van der Waals surface area contributed by atoms with Gasteiger partial charge in [0.25, 0.3) is 0 Å². The van der Waals surface area contributed by atoms with Crippen LogP contribution in [0.3, 0.4) is 0 Å². The van der Waals surface area contributed by atoms with E-state index in [4.69, 9.17) is 5.73 Å². The van der Waals surface area contributed by atoms with Gasteiger partial charge in [0, 0.05) is 12.0 Å². The quantitative estimate of drug-likeness (QED) is 0.784. The molecule has 0 amide bonds. The summed E-state index contributed by atoms with van der Waals surface area (Å²) in [4.78, 5) is 0. The van der Waals surface area contributed by atoms with Crippen LogP contribution in [0.2, 0.25) is 0 Å².